The van der Waals surface area contributed by atoms with Crippen molar-refractivity contribution in [3.05, 3.63) is 18.0 Å². The molecular weight excluding hydrogens is 300 g/mol. The highest BCUT2D eigenvalue weighted by Crippen LogP contribution is 2.19. The Hall–Kier alpha value is -2.97. The molecule has 0 bridgehead atoms. The number of carbonyl (C=O) groups is 3. The molecule has 3 rings (SSSR count). The molecule has 3 heterocycles. The smallest absolute Gasteiger partial charge is 0.322 e. The fourth-order valence-corrected chi connectivity index (χ4v) is 2.54. The molecule has 1 atom stereocenters. The van der Waals surface area contributed by atoms with Crippen molar-refractivity contribution >= 4 is 34.6 Å². The van der Waals surface area contributed by atoms with Crippen molar-refractivity contribution in [3.63, 3.8) is 0 Å². The molecule has 3 N–H and O–H groups in total. The summed E-state index contributed by atoms with van der Waals surface area (Å²) in [5, 5.41) is 12.5. The average Bonchev–Trinajstić information content (AvgIpc) is 2.96. The summed E-state index contributed by atoms with van der Waals surface area (Å²) in [6.45, 7) is 1.87. The number of hydrogen-bond donors (Lipinski definition) is 3. The number of rotatable bonds is 4. The highest BCUT2D eigenvalue weighted by Gasteiger charge is 2.29. The third-order valence-electron chi connectivity index (χ3n) is 3.67. The quantitative estimate of drug-likeness (QED) is 0.697. The second-order valence-electron chi connectivity index (χ2n) is 5.41. The van der Waals surface area contributed by atoms with Crippen molar-refractivity contribution in [2.24, 2.45) is 7.05 Å². The zero-order chi connectivity index (χ0) is 16.6. The first-order valence-corrected chi connectivity index (χ1v) is 7.14. The summed E-state index contributed by atoms with van der Waals surface area (Å²) in [4.78, 5) is 38.7. The molecule has 4 amide bonds. The molecule has 23 heavy (non-hydrogen) atoms. The maximum Gasteiger partial charge on any atom is 0.322 e. The maximum atomic E-state index is 12.0. The van der Waals surface area contributed by atoms with Crippen molar-refractivity contribution in [2.45, 2.75) is 25.8 Å². The number of nitrogens with zero attached hydrogens (tertiary/aromatic N) is 3. The monoisotopic (exact) mass is 316 g/mol. The van der Waals surface area contributed by atoms with Crippen LogP contribution < -0.4 is 16.0 Å². The number of aryl methyl sites for hydroxylation is 2. The summed E-state index contributed by atoms with van der Waals surface area (Å²) >= 11 is 0. The first kappa shape index (κ1) is 14.9. The molecule has 0 aromatic carbocycles. The van der Waals surface area contributed by atoms with E-state index in [9.17, 15) is 14.4 Å². The molecule has 9 heteroatoms. The molecule has 1 aliphatic heterocycles. The zero-order valence-electron chi connectivity index (χ0n) is 12.7. The van der Waals surface area contributed by atoms with Gasteiger partial charge in [-0.1, -0.05) is 0 Å². The van der Waals surface area contributed by atoms with Gasteiger partial charge in [-0.3, -0.25) is 19.6 Å². The van der Waals surface area contributed by atoms with E-state index in [4.69, 9.17) is 0 Å². The Morgan fingerprint density at radius 1 is 1.43 bits per heavy atom. The Morgan fingerprint density at radius 2 is 2.22 bits per heavy atom. The third-order valence-corrected chi connectivity index (χ3v) is 3.67. The van der Waals surface area contributed by atoms with Crippen LogP contribution in [0.3, 0.4) is 0 Å². The SMILES string of the molecule is Cc1nn(C)c2ncc(NC(=O)CC[C@@H]3NC(=O)NC3=O)cc12. The van der Waals surface area contributed by atoms with Gasteiger partial charge in [-0.05, 0) is 19.4 Å². The van der Waals surface area contributed by atoms with Gasteiger partial charge in [0.25, 0.3) is 5.91 Å². The predicted molar refractivity (Wildman–Crippen MR) is 81.6 cm³/mol. The molecule has 9 nitrogen and oxygen atoms in total. The van der Waals surface area contributed by atoms with Gasteiger partial charge in [0.05, 0.1) is 17.6 Å². The van der Waals surface area contributed by atoms with Crippen LogP contribution in [0.4, 0.5) is 10.5 Å². The lowest BCUT2D eigenvalue weighted by atomic mass is 10.1. The van der Waals surface area contributed by atoms with Crippen LogP contribution in [0.15, 0.2) is 12.3 Å². The summed E-state index contributed by atoms with van der Waals surface area (Å²) in [6.07, 6.45) is 1.92. The Balaban J connectivity index is 1.63. The Labute approximate surface area is 131 Å². The van der Waals surface area contributed by atoms with Crippen LogP contribution in [0.25, 0.3) is 11.0 Å². The number of fused-ring (bicyclic) bond motifs is 1. The van der Waals surface area contributed by atoms with Crippen LogP contribution >= 0.6 is 0 Å². The molecule has 1 aliphatic rings. The number of pyridine rings is 1. The van der Waals surface area contributed by atoms with Crippen molar-refractivity contribution in [1.29, 1.82) is 0 Å². The van der Waals surface area contributed by atoms with Gasteiger partial charge in [0.15, 0.2) is 5.65 Å². The molecule has 0 saturated carbocycles. The van der Waals surface area contributed by atoms with Gasteiger partial charge in [-0.15, -0.1) is 0 Å². The average molecular weight is 316 g/mol. The molecule has 1 fully saturated rings. The van der Waals surface area contributed by atoms with Crippen LogP contribution in [0, 0.1) is 6.92 Å². The first-order valence-electron chi connectivity index (χ1n) is 7.14. The van der Waals surface area contributed by atoms with E-state index in [0.29, 0.717) is 5.69 Å². The minimum Gasteiger partial charge on any atom is -0.326 e. The summed E-state index contributed by atoms with van der Waals surface area (Å²) in [5.41, 5.74) is 2.14. The predicted octanol–water partition coefficient (Wildman–Crippen LogP) is 0.203. The number of aromatic nitrogens is 3. The summed E-state index contributed by atoms with van der Waals surface area (Å²) < 4.78 is 1.68. The topological polar surface area (TPSA) is 118 Å². The van der Waals surface area contributed by atoms with Gasteiger partial charge in [-0.25, -0.2) is 9.78 Å². The second-order valence-corrected chi connectivity index (χ2v) is 5.41. The van der Waals surface area contributed by atoms with Crippen molar-refractivity contribution in [1.82, 2.24) is 25.4 Å². The van der Waals surface area contributed by atoms with Gasteiger partial charge in [0.1, 0.15) is 6.04 Å². The van der Waals surface area contributed by atoms with E-state index in [-0.39, 0.29) is 18.7 Å². The van der Waals surface area contributed by atoms with Crippen molar-refractivity contribution in [3.8, 4) is 0 Å². The molecule has 2 aromatic rings. The first-order chi connectivity index (χ1) is 10.9. The second kappa shape index (κ2) is 5.67. The Bertz CT molecular complexity index is 812. The molecule has 120 valence electrons. The Morgan fingerprint density at radius 3 is 2.91 bits per heavy atom. The van der Waals surface area contributed by atoms with Crippen LogP contribution in [0.1, 0.15) is 18.5 Å². The van der Waals surface area contributed by atoms with Gasteiger partial charge < -0.3 is 10.6 Å². The number of urea groups is 1. The standard InChI is InChI=1S/C14H16N6O3/c1-7-9-5-8(6-15-12(9)20(2)19-7)16-11(21)4-3-10-13(22)18-14(23)17-10/h5-6,10H,3-4H2,1-2H3,(H,16,21)(H2,17,18,22,23)/t10-/m0/s1. The number of carbonyl (C=O) groups excluding carboxylic acids is 3. The van der Waals surface area contributed by atoms with E-state index in [0.717, 1.165) is 16.7 Å². The minimum absolute atomic E-state index is 0.114. The molecule has 0 unspecified atom stereocenters. The van der Waals surface area contributed by atoms with Crippen LogP contribution in [0.5, 0.6) is 0 Å². The third kappa shape index (κ3) is 2.98. The summed E-state index contributed by atoms with van der Waals surface area (Å²) in [6, 6.07) is 0.628. The lowest BCUT2D eigenvalue weighted by Crippen LogP contribution is -2.30. The van der Waals surface area contributed by atoms with E-state index in [1.807, 2.05) is 20.0 Å². The number of nitrogens with one attached hydrogen (secondary N) is 3. The maximum absolute atomic E-state index is 12.0. The molecule has 1 saturated heterocycles. The minimum atomic E-state index is -0.658. The highest BCUT2D eigenvalue weighted by atomic mass is 16.2. The number of imide groups is 1. The van der Waals surface area contributed by atoms with Crippen molar-refractivity contribution in [2.75, 3.05) is 5.32 Å². The summed E-state index contributed by atoms with van der Waals surface area (Å²) in [5.74, 6) is -0.654. The highest BCUT2D eigenvalue weighted by molar-refractivity contribution is 6.04. The lowest BCUT2D eigenvalue weighted by molar-refractivity contribution is -0.120. The van der Waals surface area contributed by atoms with Gasteiger partial charge >= 0.3 is 6.03 Å². The van der Waals surface area contributed by atoms with Crippen LogP contribution in [-0.4, -0.2) is 38.7 Å². The molecule has 0 radical (unpaired) electrons. The Kier molecular flexibility index (Phi) is 3.68. The number of hydrogen-bond acceptors (Lipinski definition) is 5. The number of amides is 4. The molecular formula is C14H16N6O3. The molecule has 2 aromatic heterocycles. The largest absolute Gasteiger partial charge is 0.326 e. The summed E-state index contributed by atoms with van der Waals surface area (Å²) in [7, 11) is 1.81. The van der Waals surface area contributed by atoms with Crippen LogP contribution in [-0.2, 0) is 16.6 Å². The van der Waals surface area contributed by atoms with E-state index >= 15 is 0 Å². The van der Waals surface area contributed by atoms with E-state index in [2.05, 4.69) is 26.0 Å². The molecule has 0 spiro atoms. The van der Waals surface area contributed by atoms with Crippen LogP contribution in [0.2, 0.25) is 0 Å². The van der Waals surface area contributed by atoms with Crippen molar-refractivity contribution < 1.29 is 14.4 Å². The normalized spacial score (nSPS) is 17.2. The van der Waals surface area contributed by atoms with Gasteiger partial charge in [0.2, 0.25) is 5.91 Å². The zero-order valence-corrected chi connectivity index (χ0v) is 12.7. The fourth-order valence-electron chi connectivity index (χ4n) is 2.54. The van der Waals surface area contributed by atoms with E-state index in [1.54, 1.807) is 10.9 Å². The van der Waals surface area contributed by atoms with E-state index in [1.165, 1.54) is 0 Å². The fraction of sp³-hybridized carbons (Fsp3) is 0.357. The van der Waals surface area contributed by atoms with Gasteiger partial charge in [-0.2, -0.15) is 5.10 Å². The molecule has 0 aliphatic carbocycles. The lowest BCUT2D eigenvalue weighted by Gasteiger charge is -2.08. The van der Waals surface area contributed by atoms with E-state index < -0.39 is 18.0 Å². The van der Waals surface area contributed by atoms with Gasteiger partial charge in [0, 0.05) is 18.9 Å². The number of anilines is 1.